The molecule has 0 radical (unpaired) electrons. The van der Waals surface area contributed by atoms with Crippen LogP contribution >= 0.6 is 0 Å². The molecule has 4 aromatic rings. The Hall–Kier alpha value is -3.74. The molecule has 0 fully saturated rings. The van der Waals surface area contributed by atoms with Gasteiger partial charge in [0.25, 0.3) is 11.6 Å². The highest BCUT2D eigenvalue weighted by Crippen LogP contribution is 2.28. The van der Waals surface area contributed by atoms with E-state index < -0.39 is 0 Å². The zero-order valence-electron chi connectivity index (χ0n) is 16.9. The Labute approximate surface area is 178 Å². The van der Waals surface area contributed by atoms with E-state index in [4.69, 9.17) is 9.26 Å². The fourth-order valence-corrected chi connectivity index (χ4v) is 3.90. The average Bonchev–Trinajstić information content (AvgIpc) is 3.18. The molecule has 7 heteroatoms. The van der Waals surface area contributed by atoms with E-state index in [-0.39, 0.29) is 23.4 Å². The summed E-state index contributed by atoms with van der Waals surface area (Å²) in [5.74, 6) is 0.511. The lowest BCUT2D eigenvalue weighted by atomic mass is 9.96. The number of aromatic nitrogens is 2. The van der Waals surface area contributed by atoms with Crippen molar-refractivity contribution in [2.45, 2.75) is 13.3 Å². The Morgan fingerprint density at radius 3 is 2.84 bits per heavy atom. The minimum absolute atomic E-state index is 0.177. The summed E-state index contributed by atoms with van der Waals surface area (Å²) in [4.78, 5) is 17.6. The lowest BCUT2D eigenvalue weighted by Gasteiger charge is -2.25. The molecule has 3 heterocycles. The van der Waals surface area contributed by atoms with E-state index in [1.807, 2.05) is 24.3 Å². The molecule has 1 unspecified atom stereocenters. The zero-order chi connectivity index (χ0) is 21.4. The first-order valence-electron chi connectivity index (χ1n) is 10.1. The lowest BCUT2D eigenvalue weighted by molar-refractivity contribution is 0.0940. The van der Waals surface area contributed by atoms with Gasteiger partial charge in [-0.15, -0.1) is 0 Å². The van der Waals surface area contributed by atoms with Gasteiger partial charge in [-0.3, -0.25) is 4.79 Å². The number of amides is 1. The van der Waals surface area contributed by atoms with Crippen LogP contribution in [-0.2, 0) is 6.42 Å². The lowest BCUT2D eigenvalue weighted by Crippen LogP contribution is -2.35. The van der Waals surface area contributed by atoms with Gasteiger partial charge in [0.2, 0.25) is 0 Å². The molecule has 2 aromatic carbocycles. The number of ether oxygens (including phenoxy) is 1. The van der Waals surface area contributed by atoms with Gasteiger partial charge in [0.15, 0.2) is 0 Å². The van der Waals surface area contributed by atoms with Gasteiger partial charge >= 0.3 is 0 Å². The monoisotopic (exact) mass is 417 g/mol. The quantitative estimate of drug-likeness (QED) is 0.535. The van der Waals surface area contributed by atoms with Gasteiger partial charge < -0.3 is 14.6 Å². The van der Waals surface area contributed by atoms with E-state index in [0.29, 0.717) is 41.1 Å². The van der Waals surface area contributed by atoms with Crippen LogP contribution in [0.15, 0.2) is 59.1 Å². The Kier molecular flexibility index (Phi) is 4.86. The predicted octanol–water partition coefficient (Wildman–Crippen LogP) is 4.32. The second kappa shape index (κ2) is 7.83. The second-order valence-corrected chi connectivity index (χ2v) is 7.71. The molecule has 0 aliphatic carbocycles. The maximum Gasteiger partial charge on any atom is 0.259 e. The van der Waals surface area contributed by atoms with E-state index in [9.17, 15) is 9.18 Å². The summed E-state index contributed by atoms with van der Waals surface area (Å²) in [6.07, 6.45) is 0.843. The zero-order valence-corrected chi connectivity index (χ0v) is 16.9. The normalized spacial score (nSPS) is 15.4. The van der Waals surface area contributed by atoms with Crippen molar-refractivity contribution in [3.05, 3.63) is 77.2 Å². The summed E-state index contributed by atoms with van der Waals surface area (Å²) in [5, 5.41) is 7.56. The van der Waals surface area contributed by atoms with Crippen molar-refractivity contribution in [1.29, 1.82) is 0 Å². The van der Waals surface area contributed by atoms with Gasteiger partial charge in [0.05, 0.1) is 28.9 Å². The summed E-state index contributed by atoms with van der Waals surface area (Å²) in [6.45, 7) is 2.80. The first-order valence-corrected chi connectivity index (χ1v) is 10.1. The van der Waals surface area contributed by atoms with Crippen molar-refractivity contribution in [3.63, 3.8) is 0 Å². The molecule has 5 rings (SSSR count). The Bertz CT molecular complexity index is 1270. The number of fused-ring (bicyclic) bond motifs is 2. The van der Waals surface area contributed by atoms with Crippen LogP contribution in [0.5, 0.6) is 5.75 Å². The molecule has 0 bridgehead atoms. The number of carbonyl (C=O) groups excluding carboxylic acids is 1. The maximum absolute atomic E-state index is 13.3. The van der Waals surface area contributed by atoms with Gasteiger partial charge in [-0.05, 0) is 55.3 Å². The van der Waals surface area contributed by atoms with Crippen LogP contribution in [0.4, 0.5) is 4.39 Å². The molecule has 1 aliphatic heterocycles. The summed E-state index contributed by atoms with van der Waals surface area (Å²) in [6, 6.07) is 15.6. The van der Waals surface area contributed by atoms with Gasteiger partial charge in [-0.25, -0.2) is 9.37 Å². The van der Waals surface area contributed by atoms with Crippen molar-refractivity contribution in [3.8, 4) is 17.0 Å². The number of aryl methyl sites for hydroxylation is 1. The SMILES string of the molecule is Cc1noc2nc(-c3ccc(F)cc3)cc(C(=O)NCC3COc4ccccc4C3)c12. The van der Waals surface area contributed by atoms with E-state index in [0.717, 1.165) is 17.7 Å². The smallest absolute Gasteiger partial charge is 0.259 e. The van der Waals surface area contributed by atoms with Gasteiger partial charge in [0, 0.05) is 18.0 Å². The second-order valence-electron chi connectivity index (χ2n) is 7.71. The number of carbonyl (C=O) groups is 1. The number of rotatable bonds is 4. The van der Waals surface area contributed by atoms with E-state index >= 15 is 0 Å². The molecular formula is C24H20FN3O3. The molecule has 6 nitrogen and oxygen atoms in total. The van der Waals surface area contributed by atoms with Crippen LogP contribution in [0.2, 0.25) is 0 Å². The first-order chi connectivity index (χ1) is 15.1. The molecule has 1 atom stereocenters. The molecule has 1 amide bonds. The number of nitrogens with one attached hydrogen (secondary N) is 1. The molecule has 0 saturated heterocycles. The molecule has 0 saturated carbocycles. The summed E-state index contributed by atoms with van der Waals surface area (Å²) in [5.41, 5.74) is 3.65. The standard InChI is InChI=1S/C24H20FN3O3/c1-14-22-19(11-20(27-24(22)31-28-14)16-6-8-18(25)9-7-16)23(29)26-12-15-10-17-4-2-3-5-21(17)30-13-15/h2-9,11,15H,10,12-13H2,1H3,(H,26,29). The number of hydrogen-bond donors (Lipinski definition) is 1. The van der Waals surface area contributed by atoms with Crippen LogP contribution in [0.1, 0.15) is 21.6 Å². The maximum atomic E-state index is 13.3. The van der Waals surface area contributed by atoms with E-state index in [1.54, 1.807) is 25.1 Å². The minimum Gasteiger partial charge on any atom is -0.493 e. The Morgan fingerprint density at radius 1 is 1.19 bits per heavy atom. The van der Waals surface area contributed by atoms with Crippen LogP contribution in [0, 0.1) is 18.7 Å². The highest BCUT2D eigenvalue weighted by atomic mass is 19.1. The van der Waals surface area contributed by atoms with Crippen LogP contribution < -0.4 is 10.1 Å². The molecule has 31 heavy (non-hydrogen) atoms. The highest BCUT2D eigenvalue weighted by Gasteiger charge is 2.23. The largest absolute Gasteiger partial charge is 0.493 e. The Morgan fingerprint density at radius 2 is 2.00 bits per heavy atom. The molecule has 1 aliphatic rings. The molecule has 0 spiro atoms. The van der Waals surface area contributed by atoms with E-state index in [1.165, 1.54) is 12.1 Å². The number of nitrogens with zero attached hydrogens (tertiary/aromatic N) is 2. The van der Waals surface area contributed by atoms with Gasteiger partial charge in [0.1, 0.15) is 11.6 Å². The van der Waals surface area contributed by atoms with Crippen molar-refractivity contribution in [1.82, 2.24) is 15.5 Å². The number of hydrogen-bond acceptors (Lipinski definition) is 5. The molecule has 1 N–H and O–H groups in total. The number of para-hydroxylation sites is 1. The third-order valence-corrected chi connectivity index (χ3v) is 5.51. The summed E-state index contributed by atoms with van der Waals surface area (Å²) < 4.78 is 24.5. The van der Waals surface area contributed by atoms with Gasteiger partial charge in [-0.1, -0.05) is 23.4 Å². The topological polar surface area (TPSA) is 77.2 Å². The molecule has 2 aromatic heterocycles. The van der Waals surface area contributed by atoms with Crippen molar-refractivity contribution in [2.24, 2.45) is 5.92 Å². The first kappa shape index (κ1) is 19.2. The number of benzene rings is 2. The molecule has 156 valence electrons. The third kappa shape index (κ3) is 3.74. The third-order valence-electron chi connectivity index (χ3n) is 5.51. The number of halogens is 1. The summed E-state index contributed by atoms with van der Waals surface area (Å²) in [7, 11) is 0. The predicted molar refractivity (Wildman–Crippen MR) is 113 cm³/mol. The fraction of sp³-hybridized carbons (Fsp3) is 0.208. The summed E-state index contributed by atoms with van der Waals surface area (Å²) >= 11 is 0. The fourth-order valence-electron chi connectivity index (χ4n) is 3.90. The van der Waals surface area contributed by atoms with Gasteiger partial charge in [-0.2, -0.15) is 0 Å². The highest BCUT2D eigenvalue weighted by molar-refractivity contribution is 6.07. The van der Waals surface area contributed by atoms with Crippen LogP contribution in [0.3, 0.4) is 0 Å². The average molecular weight is 417 g/mol. The van der Waals surface area contributed by atoms with E-state index in [2.05, 4.69) is 15.5 Å². The van der Waals surface area contributed by atoms with Crippen molar-refractivity contribution >= 4 is 17.0 Å². The van der Waals surface area contributed by atoms with Crippen LogP contribution in [-0.4, -0.2) is 29.2 Å². The van der Waals surface area contributed by atoms with Crippen molar-refractivity contribution in [2.75, 3.05) is 13.2 Å². The molecular weight excluding hydrogens is 397 g/mol. The number of pyridine rings is 1. The minimum atomic E-state index is -0.338. The Balaban J connectivity index is 1.40. The van der Waals surface area contributed by atoms with Crippen LogP contribution in [0.25, 0.3) is 22.4 Å². The van der Waals surface area contributed by atoms with Crippen molar-refractivity contribution < 1.29 is 18.4 Å².